The van der Waals surface area contributed by atoms with Gasteiger partial charge in [-0.05, 0) is 17.7 Å². The molecule has 5 nitrogen and oxygen atoms in total. The molecule has 0 aromatic heterocycles. The van der Waals surface area contributed by atoms with Crippen LogP contribution in [0.2, 0.25) is 0 Å². The first-order valence-electron chi connectivity index (χ1n) is 5.47. The molecule has 0 bridgehead atoms. The van der Waals surface area contributed by atoms with Crippen LogP contribution in [0.4, 0.5) is 0 Å². The number of rotatable bonds is 3. The molecule has 1 unspecified atom stereocenters. The second-order valence-electron chi connectivity index (χ2n) is 4.12. The van der Waals surface area contributed by atoms with Gasteiger partial charge in [0, 0.05) is 13.0 Å². The minimum atomic E-state index is -0.142. The molecule has 1 aromatic carbocycles. The largest absolute Gasteiger partial charge is 0.508 e. The molecule has 1 aromatic rings. The van der Waals surface area contributed by atoms with Crippen LogP contribution in [0, 0.1) is 0 Å². The Bertz CT molecular complexity index is 445. The fourth-order valence-electron chi connectivity index (χ4n) is 1.84. The van der Waals surface area contributed by atoms with Gasteiger partial charge in [-0.3, -0.25) is 9.59 Å². The Morgan fingerprint density at radius 2 is 2.35 bits per heavy atom. The smallest absolute Gasteiger partial charge is 0.224 e. The Kier molecular flexibility index (Phi) is 3.27. The number of phenols is 1. The third-order valence-corrected chi connectivity index (χ3v) is 2.62. The molecule has 90 valence electrons. The molecule has 0 aliphatic carbocycles. The highest BCUT2D eigenvalue weighted by Gasteiger charge is 2.22. The average molecular weight is 234 g/mol. The van der Waals surface area contributed by atoms with Gasteiger partial charge in [0.15, 0.2) is 0 Å². The number of hydrogen-bond acceptors (Lipinski definition) is 3. The monoisotopic (exact) mass is 234 g/mol. The zero-order valence-corrected chi connectivity index (χ0v) is 9.27. The van der Waals surface area contributed by atoms with Crippen LogP contribution in [0.3, 0.4) is 0 Å². The summed E-state index contributed by atoms with van der Waals surface area (Å²) in [4.78, 5) is 22.6. The Labute approximate surface area is 98.8 Å². The molecule has 2 rings (SSSR count). The van der Waals surface area contributed by atoms with Crippen LogP contribution in [0.5, 0.6) is 5.75 Å². The third-order valence-electron chi connectivity index (χ3n) is 2.62. The summed E-state index contributed by atoms with van der Waals surface area (Å²) in [5.41, 5.74) is 0.750. The maximum atomic E-state index is 11.7. The zero-order chi connectivity index (χ0) is 12.3. The highest BCUT2D eigenvalue weighted by Crippen LogP contribution is 2.11. The number of amides is 2. The Morgan fingerprint density at radius 1 is 1.53 bits per heavy atom. The second kappa shape index (κ2) is 4.86. The van der Waals surface area contributed by atoms with Gasteiger partial charge in [-0.15, -0.1) is 0 Å². The summed E-state index contributed by atoms with van der Waals surface area (Å²) in [7, 11) is 0. The molecule has 1 heterocycles. The topological polar surface area (TPSA) is 78.4 Å². The van der Waals surface area contributed by atoms with Gasteiger partial charge in [0.1, 0.15) is 5.75 Å². The quantitative estimate of drug-likeness (QED) is 0.685. The fourth-order valence-corrected chi connectivity index (χ4v) is 1.84. The molecule has 1 atom stereocenters. The Hall–Kier alpha value is -2.04. The highest BCUT2D eigenvalue weighted by atomic mass is 16.3. The second-order valence-corrected chi connectivity index (χ2v) is 4.12. The van der Waals surface area contributed by atoms with Crippen molar-refractivity contribution in [2.24, 2.45) is 0 Å². The van der Waals surface area contributed by atoms with E-state index < -0.39 is 0 Å². The normalized spacial score (nSPS) is 18.8. The molecule has 2 amide bonds. The van der Waals surface area contributed by atoms with E-state index in [1.807, 2.05) is 0 Å². The summed E-state index contributed by atoms with van der Waals surface area (Å²) in [6.45, 7) is 0.491. The third kappa shape index (κ3) is 3.21. The van der Waals surface area contributed by atoms with Gasteiger partial charge >= 0.3 is 0 Å². The Morgan fingerprint density at radius 3 is 3.00 bits per heavy atom. The number of aromatic hydroxyl groups is 1. The average Bonchev–Trinajstić information content (AvgIpc) is 2.63. The molecular formula is C12H14N2O3. The number of hydrogen-bond donors (Lipinski definition) is 3. The molecule has 1 saturated heterocycles. The summed E-state index contributed by atoms with van der Waals surface area (Å²) >= 11 is 0. The minimum absolute atomic E-state index is 0.0346. The van der Waals surface area contributed by atoms with Crippen LogP contribution < -0.4 is 10.6 Å². The molecule has 5 heteroatoms. The van der Waals surface area contributed by atoms with E-state index in [4.69, 9.17) is 0 Å². The van der Waals surface area contributed by atoms with E-state index in [2.05, 4.69) is 10.6 Å². The first kappa shape index (κ1) is 11.4. The first-order valence-corrected chi connectivity index (χ1v) is 5.47. The van der Waals surface area contributed by atoms with E-state index in [0.29, 0.717) is 13.0 Å². The number of nitrogens with one attached hydrogen (secondary N) is 2. The van der Waals surface area contributed by atoms with Crippen molar-refractivity contribution in [3.63, 3.8) is 0 Å². The summed E-state index contributed by atoms with van der Waals surface area (Å²) in [5, 5.41) is 14.7. The van der Waals surface area contributed by atoms with Gasteiger partial charge in [0.25, 0.3) is 0 Å². The molecule has 0 saturated carbocycles. The van der Waals surface area contributed by atoms with Crippen LogP contribution in [-0.2, 0) is 16.0 Å². The van der Waals surface area contributed by atoms with Crippen molar-refractivity contribution in [2.75, 3.05) is 6.54 Å². The van der Waals surface area contributed by atoms with Crippen LogP contribution in [-0.4, -0.2) is 29.5 Å². The summed E-state index contributed by atoms with van der Waals surface area (Å²) in [6.07, 6.45) is 0.546. The number of carbonyl (C=O) groups excluding carboxylic acids is 2. The van der Waals surface area contributed by atoms with Crippen LogP contribution in [0.15, 0.2) is 24.3 Å². The summed E-state index contributed by atoms with van der Waals surface area (Å²) in [6, 6.07) is 6.46. The highest BCUT2D eigenvalue weighted by molar-refractivity contribution is 5.83. The van der Waals surface area contributed by atoms with E-state index in [1.165, 1.54) is 0 Å². The van der Waals surface area contributed by atoms with Crippen molar-refractivity contribution in [2.45, 2.75) is 18.9 Å². The number of benzene rings is 1. The molecule has 1 aliphatic heterocycles. The van der Waals surface area contributed by atoms with Gasteiger partial charge in [-0.2, -0.15) is 0 Å². The van der Waals surface area contributed by atoms with Crippen molar-refractivity contribution in [3.05, 3.63) is 29.8 Å². The summed E-state index contributed by atoms with van der Waals surface area (Å²) in [5.74, 6) is -0.0298. The molecule has 3 N–H and O–H groups in total. The van der Waals surface area contributed by atoms with E-state index >= 15 is 0 Å². The molecule has 1 aliphatic rings. The van der Waals surface area contributed by atoms with Crippen molar-refractivity contribution in [3.8, 4) is 5.75 Å². The van der Waals surface area contributed by atoms with E-state index in [9.17, 15) is 14.7 Å². The fraction of sp³-hybridized carbons (Fsp3) is 0.333. The molecular weight excluding hydrogens is 220 g/mol. The number of phenolic OH excluding ortho intramolecular Hbond substituents is 1. The maximum absolute atomic E-state index is 11.7. The van der Waals surface area contributed by atoms with E-state index in [0.717, 1.165) is 5.56 Å². The molecule has 17 heavy (non-hydrogen) atoms. The van der Waals surface area contributed by atoms with Crippen LogP contribution in [0.1, 0.15) is 12.0 Å². The van der Waals surface area contributed by atoms with Gasteiger partial charge in [-0.1, -0.05) is 12.1 Å². The lowest BCUT2D eigenvalue weighted by Crippen LogP contribution is -2.37. The SMILES string of the molecule is O=C1CC(NC(=O)Cc2cccc(O)c2)CN1. The lowest BCUT2D eigenvalue weighted by molar-refractivity contribution is -0.121. The van der Waals surface area contributed by atoms with Gasteiger partial charge in [-0.25, -0.2) is 0 Å². The van der Waals surface area contributed by atoms with Crippen molar-refractivity contribution < 1.29 is 14.7 Å². The standard InChI is InChI=1S/C12H14N2O3/c15-10-3-1-2-8(4-10)5-12(17)14-9-6-11(16)13-7-9/h1-4,9,15H,5-7H2,(H,13,16)(H,14,17). The van der Waals surface area contributed by atoms with Crippen LogP contribution >= 0.6 is 0 Å². The Balaban J connectivity index is 1.87. The molecule has 1 fully saturated rings. The lowest BCUT2D eigenvalue weighted by atomic mass is 10.1. The van der Waals surface area contributed by atoms with Crippen LogP contribution in [0.25, 0.3) is 0 Å². The zero-order valence-electron chi connectivity index (χ0n) is 9.27. The van der Waals surface area contributed by atoms with Gasteiger partial charge in [0.05, 0.1) is 12.5 Å². The van der Waals surface area contributed by atoms with Gasteiger partial charge < -0.3 is 15.7 Å². The van der Waals surface area contributed by atoms with Crippen molar-refractivity contribution in [1.82, 2.24) is 10.6 Å². The van der Waals surface area contributed by atoms with E-state index in [-0.39, 0.29) is 30.0 Å². The lowest BCUT2D eigenvalue weighted by Gasteiger charge is -2.10. The first-order chi connectivity index (χ1) is 8.13. The predicted octanol–water partition coefficient (Wildman–Crippen LogP) is -0.0606. The molecule has 0 radical (unpaired) electrons. The summed E-state index contributed by atoms with van der Waals surface area (Å²) < 4.78 is 0. The molecule has 0 spiro atoms. The van der Waals surface area contributed by atoms with Gasteiger partial charge in [0.2, 0.25) is 11.8 Å². The minimum Gasteiger partial charge on any atom is -0.508 e. The maximum Gasteiger partial charge on any atom is 0.224 e. The van der Waals surface area contributed by atoms with Crippen molar-refractivity contribution in [1.29, 1.82) is 0 Å². The predicted molar refractivity (Wildman–Crippen MR) is 61.4 cm³/mol. The van der Waals surface area contributed by atoms with E-state index in [1.54, 1.807) is 24.3 Å². The number of carbonyl (C=O) groups is 2. The van der Waals surface area contributed by atoms with Crippen molar-refractivity contribution >= 4 is 11.8 Å².